The molecule has 0 N–H and O–H groups in total. The van der Waals surface area contributed by atoms with Gasteiger partial charge >= 0.3 is 0 Å². The first-order valence-electron chi connectivity index (χ1n) is 24.4. The first-order chi connectivity index (χ1) is 35.1. The summed E-state index contributed by atoms with van der Waals surface area (Å²) in [5.41, 5.74) is 16.2. The van der Waals surface area contributed by atoms with Crippen molar-refractivity contribution in [3.63, 3.8) is 0 Å². The van der Waals surface area contributed by atoms with E-state index < -0.39 is 0 Å². The minimum absolute atomic E-state index is 1.06. The molecule has 0 amide bonds. The second kappa shape index (κ2) is 17.6. The highest BCUT2D eigenvalue weighted by Gasteiger charge is 2.25. The quantitative estimate of drug-likeness (QED) is 0.142. The zero-order valence-electron chi connectivity index (χ0n) is 39.6. The zero-order chi connectivity index (χ0) is 47.4. The lowest BCUT2D eigenvalue weighted by Crippen LogP contribution is -2.17. The van der Waals surface area contributed by atoms with Crippen LogP contribution >= 0.6 is 11.3 Å². The Labute approximate surface area is 418 Å². The summed E-state index contributed by atoms with van der Waals surface area (Å²) >= 11 is 1.88. The van der Waals surface area contributed by atoms with E-state index >= 15 is 0 Å². The molecule has 0 saturated carbocycles. The van der Waals surface area contributed by atoms with Crippen LogP contribution in [0.5, 0.6) is 0 Å². The van der Waals surface area contributed by atoms with Gasteiger partial charge in [-0.1, -0.05) is 182 Å². The third kappa shape index (κ3) is 7.42. The van der Waals surface area contributed by atoms with Crippen molar-refractivity contribution in [2.24, 2.45) is 0 Å². The predicted molar refractivity (Wildman–Crippen MR) is 307 cm³/mol. The van der Waals surface area contributed by atoms with Gasteiger partial charge in [0.25, 0.3) is 0 Å². The average molecular weight is 925 g/mol. The molecule has 0 radical (unpaired) electrons. The van der Waals surface area contributed by atoms with Gasteiger partial charge in [0.2, 0.25) is 0 Å². The highest BCUT2D eigenvalue weighted by atomic mass is 32.1. The van der Waals surface area contributed by atoms with Crippen LogP contribution in [0.25, 0.3) is 85.9 Å². The van der Waals surface area contributed by atoms with E-state index in [9.17, 15) is 0 Å². The number of aryl methyl sites for hydroxylation is 2. The largest absolute Gasteiger partial charge is 0.308 e. The second-order valence-electron chi connectivity index (χ2n) is 18.5. The van der Waals surface area contributed by atoms with Gasteiger partial charge in [-0.05, 0) is 158 Å². The Morgan fingerprint density at radius 3 is 1.54 bits per heavy atom. The topological polar surface area (TPSA) is 6.48 Å². The lowest BCUT2D eigenvalue weighted by atomic mass is 9.91. The maximum absolute atomic E-state index is 2.50. The highest BCUT2D eigenvalue weighted by Crippen LogP contribution is 2.50. The van der Waals surface area contributed by atoms with Gasteiger partial charge in [-0.25, -0.2) is 0 Å². The van der Waals surface area contributed by atoms with Crippen LogP contribution in [0.15, 0.2) is 255 Å². The number of fused-ring (bicyclic) bond motifs is 7. The molecule has 0 aliphatic heterocycles. The molecule has 336 valence electrons. The molecule has 3 heteroatoms. The van der Waals surface area contributed by atoms with Crippen LogP contribution in [-0.2, 0) is 0 Å². The van der Waals surface area contributed by atoms with Crippen molar-refractivity contribution in [2.75, 3.05) is 9.80 Å². The molecule has 1 heterocycles. The number of para-hydroxylation sites is 2. The highest BCUT2D eigenvalue weighted by molar-refractivity contribution is 7.26. The monoisotopic (exact) mass is 924 g/mol. The lowest BCUT2D eigenvalue weighted by Gasteiger charge is -2.34. The summed E-state index contributed by atoms with van der Waals surface area (Å²) in [5, 5.41) is 10.0. The molecule has 0 fully saturated rings. The van der Waals surface area contributed by atoms with E-state index in [2.05, 4.69) is 278 Å². The number of nitrogens with zero attached hydrogens (tertiary/aromatic N) is 2. The Hall–Kier alpha value is -8.76. The number of hydrogen-bond acceptors (Lipinski definition) is 3. The Morgan fingerprint density at radius 2 is 0.831 bits per heavy atom. The molecule has 0 bridgehead atoms. The minimum atomic E-state index is 1.06. The van der Waals surface area contributed by atoms with E-state index in [0.717, 1.165) is 39.7 Å². The van der Waals surface area contributed by atoms with Crippen molar-refractivity contribution < 1.29 is 0 Å². The first kappa shape index (κ1) is 42.4. The first-order valence-corrected chi connectivity index (χ1v) is 25.2. The molecule has 13 rings (SSSR count). The summed E-state index contributed by atoms with van der Waals surface area (Å²) in [6.45, 7) is 4.45. The van der Waals surface area contributed by atoms with E-state index in [0.29, 0.717) is 0 Å². The number of benzene rings is 12. The van der Waals surface area contributed by atoms with Crippen LogP contribution in [0.4, 0.5) is 34.1 Å². The molecule has 1 aromatic heterocycles. The number of hydrogen-bond donors (Lipinski definition) is 0. The fraction of sp³-hybridized carbons (Fsp3) is 0.0294. The fourth-order valence-electron chi connectivity index (χ4n) is 10.9. The van der Waals surface area contributed by atoms with Crippen molar-refractivity contribution in [3.05, 3.63) is 266 Å². The maximum Gasteiger partial charge on any atom is 0.0708 e. The molecule has 13 aromatic rings. The van der Waals surface area contributed by atoms with Gasteiger partial charge in [-0.15, -0.1) is 11.3 Å². The SMILES string of the molecule is Cc1ccccc1-c1ccc(N(c2cc(-c3ccc(-c4ccc5sc6ccc7ccccc7c6c5c4)c4ccccc34)ccc2N(c2ccccc2)c2ccccc2)c2cccc3ccccc23)cc1C. The Morgan fingerprint density at radius 1 is 0.282 bits per heavy atom. The molecule has 0 spiro atoms. The van der Waals surface area contributed by atoms with Crippen LogP contribution in [0.2, 0.25) is 0 Å². The zero-order valence-corrected chi connectivity index (χ0v) is 40.4. The number of rotatable bonds is 9. The fourth-order valence-corrected chi connectivity index (χ4v) is 12.0. The summed E-state index contributed by atoms with van der Waals surface area (Å²) in [6.07, 6.45) is 0. The normalized spacial score (nSPS) is 11.5. The van der Waals surface area contributed by atoms with E-state index in [1.165, 1.54) is 91.4 Å². The Bertz CT molecular complexity index is 4110. The second-order valence-corrected chi connectivity index (χ2v) is 19.6. The lowest BCUT2D eigenvalue weighted by molar-refractivity contribution is 1.23. The van der Waals surface area contributed by atoms with E-state index in [4.69, 9.17) is 0 Å². The van der Waals surface area contributed by atoms with Crippen molar-refractivity contribution in [3.8, 4) is 33.4 Å². The van der Waals surface area contributed by atoms with Crippen LogP contribution < -0.4 is 9.80 Å². The van der Waals surface area contributed by atoms with E-state index in [1.54, 1.807) is 0 Å². The van der Waals surface area contributed by atoms with Crippen molar-refractivity contribution >= 4 is 98.0 Å². The van der Waals surface area contributed by atoms with Crippen LogP contribution in [0, 0.1) is 13.8 Å². The van der Waals surface area contributed by atoms with Crippen molar-refractivity contribution in [1.29, 1.82) is 0 Å². The number of anilines is 6. The van der Waals surface area contributed by atoms with Gasteiger partial charge in [-0.2, -0.15) is 0 Å². The Balaban J connectivity index is 1.05. The molecule has 0 aliphatic carbocycles. The summed E-state index contributed by atoms with van der Waals surface area (Å²) in [7, 11) is 0. The van der Waals surface area contributed by atoms with E-state index in [1.807, 2.05) is 11.3 Å². The van der Waals surface area contributed by atoms with E-state index in [-0.39, 0.29) is 0 Å². The van der Waals surface area contributed by atoms with Gasteiger partial charge in [0.1, 0.15) is 0 Å². The molecule has 12 aromatic carbocycles. The average Bonchev–Trinajstić information content (AvgIpc) is 3.81. The van der Waals surface area contributed by atoms with Crippen molar-refractivity contribution in [1.82, 2.24) is 0 Å². The minimum Gasteiger partial charge on any atom is -0.308 e. The van der Waals surface area contributed by atoms with Crippen LogP contribution in [0.1, 0.15) is 11.1 Å². The molecule has 2 nitrogen and oxygen atoms in total. The third-order valence-electron chi connectivity index (χ3n) is 14.3. The molecular formula is C68H48N2S. The van der Waals surface area contributed by atoms with Gasteiger partial charge in [0, 0.05) is 42.6 Å². The van der Waals surface area contributed by atoms with Crippen molar-refractivity contribution in [2.45, 2.75) is 13.8 Å². The molecule has 0 unspecified atom stereocenters. The van der Waals surface area contributed by atoms with Crippen LogP contribution in [-0.4, -0.2) is 0 Å². The summed E-state index contributed by atoms with van der Waals surface area (Å²) in [5.74, 6) is 0. The molecular weight excluding hydrogens is 877 g/mol. The van der Waals surface area contributed by atoms with Crippen LogP contribution in [0.3, 0.4) is 0 Å². The molecule has 0 saturated heterocycles. The van der Waals surface area contributed by atoms with Gasteiger partial charge in [0.05, 0.1) is 17.1 Å². The smallest absolute Gasteiger partial charge is 0.0708 e. The summed E-state index contributed by atoms with van der Waals surface area (Å²) in [6, 6.07) is 93.8. The molecule has 71 heavy (non-hydrogen) atoms. The van der Waals surface area contributed by atoms with Gasteiger partial charge in [-0.3, -0.25) is 0 Å². The standard InChI is InChI=1S/C68H48N2S/c1-45-18-9-12-26-54(45)55-36-35-53(42-46(55)2)70(63-31-17-21-47-19-10-13-27-58(47)63)65-44-50(32-39-64(65)69(51-22-5-3-6-23-51)52-24-7-4-8-25-52)57-38-37-56(60-29-15-16-30-61(57)60)49-34-40-66-62(43-49)68-59-28-14-11-20-48(59)33-41-67(68)71-66/h3-44H,1-2H3. The van der Waals surface area contributed by atoms with Gasteiger partial charge in [0.15, 0.2) is 0 Å². The predicted octanol–water partition coefficient (Wildman–Crippen LogP) is 20.1. The maximum atomic E-state index is 2.50. The Kier molecular flexibility index (Phi) is 10.5. The van der Waals surface area contributed by atoms with Gasteiger partial charge < -0.3 is 9.80 Å². The summed E-state index contributed by atoms with van der Waals surface area (Å²) in [4.78, 5) is 4.90. The number of thiophene rings is 1. The molecule has 0 aliphatic rings. The molecule has 0 atom stereocenters. The summed E-state index contributed by atoms with van der Waals surface area (Å²) < 4.78 is 2.63. The third-order valence-corrected chi connectivity index (χ3v) is 15.4.